The summed E-state index contributed by atoms with van der Waals surface area (Å²) in [6, 6.07) is 13.9. The average molecular weight is 331 g/mol. The predicted octanol–water partition coefficient (Wildman–Crippen LogP) is 2.27. The molecule has 23 heavy (non-hydrogen) atoms. The van der Waals surface area contributed by atoms with E-state index in [1.807, 2.05) is 30.3 Å². The Morgan fingerprint density at radius 3 is 2.70 bits per heavy atom. The standard InChI is InChI=1S/C16H15ClN4O2/c17-11-6-7-13-12(8-11)15(10-4-2-1-3-5-10)21(16(23)19-13)9-14(22)20-18/h1-8,15H,9,18H2,(H,19,23)(H,20,22)/t15-/m0/s1. The second-order valence-electron chi connectivity index (χ2n) is 5.17. The first kappa shape index (κ1) is 15.3. The van der Waals surface area contributed by atoms with E-state index in [4.69, 9.17) is 17.4 Å². The number of benzene rings is 2. The first-order valence-electron chi connectivity index (χ1n) is 7.01. The Kier molecular flexibility index (Phi) is 4.18. The van der Waals surface area contributed by atoms with Crippen LogP contribution in [0.1, 0.15) is 17.2 Å². The van der Waals surface area contributed by atoms with Crippen molar-refractivity contribution in [1.29, 1.82) is 0 Å². The van der Waals surface area contributed by atoms with Gasteiger partial charge in [-0.05, 0) is 23.8 Å². The average Bonchev–Trinajstić information content (AvgIpc) is 2.56. The number of carbonyl (C=O) groups excluding carboxylic acids is 2. The fourth-order valence-electron chi connectivity index (χ4n) is 2.70. The van der Waals surface area contributed by atoms with Gasteiger partial charge in [0.2, 0.25) is 0 Å². The SMILES string of the molecule is NNC(=O)CN1C(=O)Nc2ccc(Cl)cc2[C@@H]1c1ccccc1. The summed E-state index contributed by atoms with van der Waals surface area (Å²) in [6.45, 7) is -0.159. The molecule has 0 aromatic heterocycles. The number of fused-ring (bicyclic) bond motifs is 1. The van der Waals surface area contributed by atoms with Crippen LogP contribution in [-0.4, -0.2) is 23.4 Å². The molecule has 0 radical (unpaired) electrons. The van der Waals surface area contributed by atoms with Crippen molar-refractivity contribution in [3.8, 4) is 0 Å². The third-order valence-corrected chi connectivity index (χ3v) is 3.95. The molecule has 0 fully saturated rings. The lowest BCUT2D eigenvalue weighted by molar-refractivity contribution is -0.122. The number of amides is 3. The van der Waals surface area contributed by atoms with Crippen LogP contribution in [0.15, 0.2) is 48.5 Å². The second kappa shape index (κ2) is 6.28. The van der Waals surface area contributed by atoms with Crippen LogP contribution in [0.25, 0.3) is 0 Å². The van der Waals surface area contributed by atoms with E-state index in [9.17, 15) is 9.59 Å². The van der Waals surface area contributed by atoms with Crippen LogP contribution < -0.4 is 16.6 Å². The summed E-state index contributed by atoms with van der Waals surface area (Å²) in [7, 11) is 0. The van der Waals surface area contributed by atoms with Crippen LogP contribution in [0.4, 0.5) is 10.5 Å². The highest BCUT2D eigenvalue weighted by atomic mass is 35.5. The van der Waals surface area contributed by atoms with Crippen molar-refractivity contribution in [2.45, 2.75) is 6.04 Å². The highest BCUT2D eigenvalue weighted by Crippen LogP contribution is 2.38. The molecule has 1 heterocycles. The monoisotopic (exact) mass is 330 g/mol. The lowest BCUT2D eigenvalue weighted by Gasteiger charge is -2.37. The zero-order valence-electron chi connectivity index (χ0n) is 12.1. The van der Waals surface area contributed by atoms with Crippen LogP contribution in [0, 0.1) is 0 Å². The van der Waals surface area contributed by atoms with E-state index >= 15 is 0 Å². The Bertz CT molecular complexity index is 751. The number of nitrogens with zero attached hydrogens (tertiary/aromatic N) is 1. The van der Waals surface area contributed by atoms with Gasteiger partial charge in [0.15, 0.2) is 0 Å². The third kappa shape index (κ3) is 2.99. The van der Waals surface area contributed by atoms with E-state index in [1.165, 1.54) is 4.90 Å². The van der Waals surface area contributed by atoms with Crippen molar-refractivity contribution >= 4 is 29.2 Å². The molecule has 6 nitrogen and oxygen atoms in total. The number of rotatable bonds is 3. The van der Waals surface area contributed by atoms with Crippen LogP contribution in [0.3, 0.4) is 0 Å². The first-order chi connectivity index (χ1) is 11.1. The van der Waals surface area contributed by atoms with E-state index in [0.29, 0.717) is 10.7 Å². The Morgan fingerprint density at radius 1 is 1.26 bits per heavy atom. The van der Waals surface area contributed by atoms with Gasteiger partial charge in [0, 0.05) is 16.3 Å². The normalized spacial score (nSPS) is 16.5. The Hall–Kier alpha value is -2.57. The molecular formula is C16H15ClN4O2. The van der Waals surface area contributed by atoms with Crippen molar-refractivity contribution in [2.24, 2.45) is 5.84 Å². The second-order valence-corrected chi connectivity index (χ2v) is 5.61. The predicted molar refractivity (Wildman–Crippen MR) is 87.8 cm³/mol. The van der Waals surface area contributed by atoms with Crippen molar-refractivity contribution in [2.75, 3.05) is 11.9 Å². The molecule has 4 N–H and O–H groups in total. The number of hydrazine groups is 1. The van der Waals surface area contributed by atoms with Crippen LogP contribution in [0.2, 0.25) is 5.02 Å². The summed E-state index contributed by atoms with van der Waals surface area (Å²) in [4.78, 5) is 25.6. The molecule has 1 aliphatic rings. The van der Waals surface area contributed by atoms with Crippen LogP contribution in [-0.2, 0) is 4.79 Å². The summed E-state index contributed by atoms with van der Waals surface area (Å²) >= 11 is 6.12. The molecule has 0 unspecified atom stereocenters. The Labute approximate surface area is 138 Å². The van der Waals surface area contributed by atoms with Crippen LogP contribution in [0.5, 0.6) is 0 Å². The van der Waals surface area contributed by atoms with E-state index in [1.54, 1.807) is 18.2 Å². The zero-order valence-corrected chi connectivity index (χ0v) is 12.9. The molecular weight excluding hydrogens is 316 g/mol. The molecule has 3 amide bonds. The molecule has 0 spiro atoms. The van der Waals surface area contributed by atoms with Gasteiger partial charge in [0.1, 0.15) is 6.54 Å². The number of hydrogen-bond acceptors (Lipinski definition) is 3. The van der Waals surface area contributed by atoms with Gasteiger partial charge in [-0.3, -0.25) is 10.2 Å². The smallest absolute Gasteiger partial charge is 0.307 e. The fraction of sp³-hybridized carbons (Fsp3) is 0.125. The maximum Gasteiger partial charge on any atom is 0.323 e. The summed E-state index contributed by atoms with van der Waals surface area (Å²) in [5, 5.41) is 3.33. The number of nitrogens with one attached hydrogen (secondary N) is 2. The van der Waals surface area contributed by atoms with Crippen molar-refractivity contribution in [3.63, 3.8) is 0 Å². The number of hydrogen-bond donors (Lipinski definition) is 3. The fourth-order valence-corrected chi connectivity index (χ4v) is 2.88. The van der Waals surface area contributed by atoms with Crippen molar-refractivity contribution in [1.82, 2.24) is 10.3 Å². The number of halogens is 1. The topological polar surface area (TPSA) is 87.5 Å². The molecule has 118 valence electrons. The summed E-state index contributed by atoms with van der Waals surface area (Å²) < 4.78 is 0. The van der Waals surface area contributed by atoms with E-state index in [0.717, 1.165) is 11.1 Å². The van der Waals surface area contributed by atoms with Gasteiger partial charge in [-0.15, -0.1) is 0 Å². The van der Waals surface area contributed by atoms with Gasteiger partial charge >= 0.3 is 6.03 Å². The van der Waals surface area contributed by atoms with Gasteiger partial charge in [0.25, 0.3) is 5.91 Å². The minimum atomic E-state index is -0.452. The van der Waals surface area contributed by atoms with Crippen molar-refractivity contribution < 1.29 is 9.59 Å². The first-order valence-corrected chi connectivity index (χ1v) is 7.39. The van der Waals surface area contributed by atoms with Gasteiger partial charge in [0.05, 0.1) is 6.04 Å². The van der Waals surface area contributed by atoms with Crippen molar-refractivity contribution in [3.05, 3.63) is 64.7 Å². The zero-order chi connectivity index (χ0) is 16.4. The highest BCUT2D eigenvalue weighted by molar-refractivity contribution is 6.30. The minimum absolute atomic E-state index is 0.159. The molecule has 7 heteroatoms. The van der Waals surface area contributed by atoms with E-state index in [2.05, 4.69) is 10.7 Å². The molecule has 1 aliphatic heterocycles. The number of anilines is 1. The summed E-state index contributed by atoms with van der Waals surface area (Å²) in [5.41, 5.74) is 4.44. The maximum atomic E-state index is 12.4. The molecule has 3 rings (SSSR count). The quantitative estimate of drug-likeness (QED) is 0.458. The van der Waals surface area contributed by atoms with Gasteiger partial charge in [-0.1, -0.05) is 41.9 Å². The Morgan fingerprint density at radius 2 is 2.00 bits per heavy atom. The van der Waals surface area contributed by atoms with Gasteiger partial charge < -0.3 is 10.2 Å². The summed E-state index contributed by atoms with van der Waals surface area (Å²) in [5.74, 6) is 4.71. The van der Waals surface area contributed by atoms with E-state index < -0.39 is 11.9 Å². The van der Waals surface area contributed by atoms with Gasteiger partial charge in [-0.2, -0.15) is 0 Å². The highest BCUT2D eigenvalue weighted by Gasteiger charge is 2.34. The maximum absolute atomic E-state index is 12.4. The molecule has 1 atom stereocenters. The molecule has 0 aliphatic carbocycles. The minimum Gasteiger partial charge on any atom is -0.307 e. The molecule has 2 aromatic carbocycles. The number of carbonyl (C=O) groups is 2. The number of urea groups is 1. The lowest BCUT2D eigenvalue weighted by atomic mass is 9.94. The number of nitrogens with two attached hydrogens (primary N) is 1. The summed E-state index contributed by atoms with van der Waals surface area (Å²) in [6.07, 6.45) is 0. The van der Waals surface area contributed by atoms with Crippen LogP contribution >= 0.6 is 11.6 Å². The Balaban J connectivity index is 2.12. The molecule has 0 bridgehead atoms. The third-order valence-electron chi connectivity index (χ3n) is 3.71. The largest absolute Gasteiger partial charge is 0.323 e. The lowest BCUT2D eigenvalue weighted by Crippen LogP contribution is -2.48. The van der Waals surface area contributed by atoms with Gasteiger partial charge in [-0.25, -0.2) is 10.6 Å². The molecule has 0 saturated carbocycles. The molecule has 2 aromatic rings. The van der Waals surface area contributed by atoms with E-state index in [-0.39, 0.29) is 12.6 Å². The molecule has 0 saturated heterocycles.